The third-order valence-corrected chi connectivity index (χ3v) is 4.06. The van der Waals surface area contributed by atoms with Crippen molar-refractivity contribution in [2.24, 2.45) is 7.05 Å². The first-order valence-corrected chi connectivity index (χ1v) is 7.68. The number of nitrogens with zero attached hydrogens (tertiary/aromatic N) is 6. The summed E-state index contributed by atoms with van der Waals surface area (Å²) in [6.07, 6.45) is 5.63. The van der Waals surface area contributed by atoms with Crippen molar-refractivity contribution in [3.05, 3.63) is 35.9 Å². The third kappa shape index (κ3) is 3.04. The Morgan fingerprint density at radius 1 is 1.23 bits per heavy atom. The van der Waals surface area contributed by atoms with E-state index < -0.39 is 0 Å². The normalized spacial score (nSPS) is 16.2. The van der Waals surface area contributed by atoms with E-state index in [4.69, 9.17) is 0 Å². The van der Waals surface area contributed by atoms with Crippen LogP contribution in [0.25, 0.3) is 0 Å². The van der Waals surface area contributed by atoms with Crippen molar-refractivity contribution in [2.45, 2.75) is 20.0 Å². The summed E-state index contributed by atoms with van der Waals surface area (Å²) < 4.78 is 3.57. The van der Waals surface area contributed by atoms with E-state index in [1.165, 1.54) is 5.56 Å². The maximum Gasteiger partial charge on any atom is 0.272 e. The zero-order chi connectivity index (χ0) is 15.5. The van der Waals surface area contributed by atoms with Crippen LogP contribution in [-0.2, 0) is 20.1 Å². The van der Waals surface area contributed by atoms with Crippen molar-refractivity contribution < 1.29 is 4.79 Å². The van der Waals surface area contributed by atoms with Gasteiger partial charge < -0.3 is 4.90 Å². The molecule has 3 heterocycles. The molecule has 2 aromatic heterocycles. The van der Waals surface area contributed by atoms with Crippen LogP contribution < -0.4 is 0 Å². The molecule has 0 radical (unpaired) electrons. The molecule has 118 valence electrons. The van der Waals surface area contributed by atoms with Crippen LogP contribution in [0.1, 0.15) is 23.0 Å². The Kier molecular flexibility index (Phi) is 4.24. The summed E-state index contributed by atoms with van der Waals surface area (Å²) in [6, 6.07) is 1.80. The largest absolute Gasteiger partial charge is 0.335 e. The quantitative estimate of drug-likeness (QED) is 0.829. The standard InChI is InChI=1S/C15H22N6O/c1-3-21-14(4-5-16-21)15(22)20-8-6-19(7-9-20)12-13-10-17-18(2)11-13/h4-5,10-11H,3,6-9,12H2,1-2H3. The van der Waals surface area contributed by atoms with Crippen molar-refractivity contribution in [3.8, 4) is 0 Å². The van der Waals surface area contributed by atoms with Gasteiger partial charge in [0.2, 0.25) is 0 Å². The predicted molar refractivity (Wildman–Crippen MR) is 82.3 cm³/mol. The van der Waals surface area contributed by atoms with Crippen molar-refractivity contribution in [3.63, 3.8) is 0 Å². The van der Waals surface area contributed by atoms with Gasteiger partial charge in [-0.1, -0.05) is 0 Å². The van der Waals surface area contributed by atoms with Crippen LogP contribution in [0.5, 0.6) is 0 Å². The van der Waals surface area contributed by atoms with Crippen molar-refractivity contribution >= 4 is 5.91 Å². The molecule has 0 aliphatic carbocycles. The lowest BCUT2D eigenvalue weighted by molar-refractivity contribution is 0.0616. The summed E-state index contributed by atoms with van der Waals surface area (Å²) >= 11 is 0. The molecule has 0 bridgehead atoms. The molecule has 0 N–H and O–H groups in total. The van der Waals surface area contributed by atoms with Gasteiger partial charge in [0, 0.05) is 64.3 Å². The van der Waals surface area contributed by atoms with Gasteiger partial charge in [0.25, 0.3) is 5.91 Å². The number of hydrogen-bond donors (Lipinski definition) is 0. The van der Waals surface area contributed by atoms with Gasteiger partial charge in [-0.2, -0.15) is 10.2 Å². The molecule has 0 spiro atoms. The molecule has 1 amide bonds. The first kappa shape index (κ1) is 14.8. The molecule has 2 aromatic rings. The summed E-state index contributed by atoms with van der Waals surface area (Å²) in [5.41, 5.74) is 1.90. The molecular formula is C15H22N6O. The van der Waals surface area contributed by atoms with Crippen LogP contribution in [0, 0.1) is 0 Å². The second-order valence-corrected chi connectivity index (χ2v) is 5.62. The summed E-state index contributed by atoms with van der Waals surface area (Å²) in [5, 5.41) is 8.37. The zero-order valence-electron chi connectivity index (χ0n) is 13.1. The summed E-state index contributed by atoms with van der Waals surface area (Å²) in [5.74, 6) is 0.0837. The van der Waals surface area contributed by atoms with Gasteiger partial charge in [-0.05, 0) is 13.0 Å². The van der Waals surface area contributed by atoms with E-state index in [1.807, 2.05) is 35.9 Å². The van der Waals surface area contributed by atoms with E-state index in [9.17, 15) is 4.79 Å². The monoisotopic (exact) mass is 302 g/mol. The van der Waals surface area contributed by atoms with E-state index in [0.29, 0.717) is 5.69 Å². The summed E-state index contributed by atoms with van der Waals surface area (Å²) in [7, 11) is 1.93. The Bertz CT molecular complexity index is 638. The van der Waals surface area contributed by atoms with Gasteiger partial charge in [-0.15, -0.1) is 0 Å². The average molecular weight is 302 g/mol. The van der Waals surface area contributed by atoms with Crippen LogP contribution in [-0.4, -0.2) is 61.4 Å². The van der Waals surface area contributed by atoms with E-state index in [0.717, 1.165) is 39.3 Å². The SMILES string of the molecule is CCn1nccc1C(=O)N1CCN(Cc2cnn(C)c2)CC1. The Hall–Kier alpha value is -2.15. The van der Waals surface area contributed by atoms with Gasteiger partial charge in [0.1, 0.15) is 5.69 Å². The topological polar surface area (TPSA) is 59.2 Å². The van der Waals surface area contributed by atoms with Crippen LogP contribution in [0.2, 0.25) is 0 Å². The fourth-order valence-corrected chi connectivity index (χ4v) is 2.85. The van der Waals surface area contributed by atoms with E-state index in [2.05, 4.69) is 15.1 Å². The molecule has 0 unspecified atom stereocenters. The van der Waals surface area contributed by atoms with Gasteiger partial charge in [-0.3, -0.25) is 19.1 Å². The molecule has 0 saturated carbocycles. The Morgan fingerprint density at radius 2 is 2.00 bits per heavy atom. The molecule has 3 rings (SSSR count). The fourth-order valence-electron chi connectivity index (χ4n) is 2.85. The number of hydrogen-bond acceptors (Lipinski definition) is 4. The predicted octanol–water partition coefficient (Wildman–Crippen LogP) is 0.594. The first-order chi connectivity index (χ1) is 10.7. The molecule has 1 saturated heterocycles. The number of carbonyl (C=O) groups excluding carboxylic acids is 1. The molecule has 7 heteroatoms. The Morgan fingerprint density at radius 3 is 2.64 bits per heavy atom. The van der Waals surface area contributed by atoms with Crippen LogP contribution in [0.15, 0.2) is 24.7 Å². The van der Waals surface area contributed by atoms with Crippen molar-refractivity contribution in [1.29, 1.82) is 0 Å². The van der Waals surface area contributed by atoms with E-state index >= 15 is 0 Å². The molecule has 1 fully saturated rings. The number of rotatable bonds is 4. The first-order valence-electron chi connectivity index (χ1n) is 7.68. The van der Waals surface area contributed by atoms with E-state index in [-0.39, 0.29) is 5.91 Å². The third-order valence-electron chi connectivity index (χ3n) is 4.06. The number of piperazine rings is 1. The molecule has 7 nitrogen and oxygen atoms in total. The van der Waals surface area contributed by atoms with Crippen LogP contribution in [0.4, 0.5) is 0 Å². The average Bonchev–Trinajstić information content (AvgIpc) is 3.16. The molecule has 22 heavy (non-hydrogen) atoms. The molecule has 1 aliphatic heterocycles. The molecule has 0 aromatic carbocycles. The highest BCUT2D eigenvalue weighted by Crippen LogP contribution is 2.11. The van der Waals surface area contributed by atoms with Gasteiger partial charge in [0.05, 0.1) is 6.20 Å². The highest BCUT2D eigenvalue weighted by atomic mass is 16.2. The number of amides is 1. The maximum absolute atomic E-state index is 12.5. The molecular weight excluding hydrogens is 280 g/mol. The number of carbonyl (C=O) groups is 1. The number of aryl methyl sites for hydroxylation is 2. The van der Waals surface area contributed by atoms with Gasteiger partial charge in [0.15, 0.2) is 0 Å². The minimum absolute atomic E-state index is 0.0837. The van der Waals surface area contributed by atoms with Gasteiger partial charge >= 0.3 is 0 Å². The maximum atomic E-state index is 12.5. The molecule has 1 aliphatic rings. The fraction of sp³-hybridized carbons (Fsp3) is 0.533. The second kappa shape index (κ2) is 6.31. The number of aromatic nitrogens is 4. The van der Waals surface area contributed by atoms with Crippen molar-refractivity contribution in [2.75, 3.05) is 26.2 Å². The smallest absolute Gasteiger partial charge is 0.272 e. The van der Waals surface area contributed by atoms with E-state index in [1.54, 1.807) is 16.9 Å². The minimum Gasteiger partial charge on any atom is -0.335 e. The molecule has 0 atom stereocenters. The lowest BCUT2D eigenvalue weighted by atomic mass is 10.2. The minimum atomic E-state index is 0.0837. The highest BCUT2D eigenvalue weighted by molar-refractivity contribution is 5.92. The Labute approximate surface area is 130 Å². The lowest BCUT2D eigenvalue weighted by Gasteiger charge is -2.34. The Balaban J connectivity index is 1.56. The second-order valence-electron chi connectivity index (χ2n) is 5.62. The summed E-state index contributed by atoms with van der Waals surface area (Å²) in [4.78, 5) is 16.8. The summed E-state index contributed by atoms with van der Waals surface area (Å²) in [6.45, 7) is 6.90. The van der Waals surface area contributed by atoms with Crippen LogP contribution in [0.3, 0.4) is 0 Å². The zero-order valence-corrected chi connectivity index (χ0v) is 13.1. The highest BCUT2D eigenvalue weighted by Gasteiger charge is 2.24. The van der Waals surface area contributed by atoms with Crippen LogP contribution >= 0.6 is 0 Å². The lowest BCUT2D eigenvalue weighted by Crippen LogP contribution is -2.48. The van der Waals surface area contributed by atoms with Gasteiger partial charge in [-0.25, -0.2) is 0 Å². The van der Waals surface area contributed by atoms with Crippen molar-refractivity contribution in [1.82, 2.24) is 29.4 Å².